The lowest BCUT2D eigenvalue weighted by Gasteiger charge is -1.97. The van der Waals surface area contributed by atoms with Crippen LogP contribution in [0.3, 0.4) is 0 Å². The van der Waals surface area contributed by atoms with Crippen LogP contribution < -0.4 is 0 Å². The molecule has 0 radical (unpaired) electrons. The van der Waals surface area contributed by atoms with Crippen molar-refractivity contribution in [2.24, 2.45) is 0 Å². The fraction of sp³-hybridized carbons (Fsp3) is 0.200. The van der Waals surface area contributed by atoms with E-state index >= 15 is 0 Å². The monoisotopic (exact) mass is 166 g/mol. The first-order valence-corrected chi connectivity index (χ1v) is 4.04. The van der Waals surface area contributed by atoms with Crippen molar-refractivity contribution in [3.63, 3.8) is 0 Å². The van der Waals surface area contributed by atoms with Crippen molar-refractivity contribution in [1.82, 2.24) is 0 Å². The third-order valence-electron chi connectivity index (χ3n) is 1.53. The summed E-state index contributed by atoms with van der Waals surface area (Å²) in [6.07, 6.45) is 1.86. The van der Waals surface area contributed by atoms with Crippen molar-refractivity contribution in [1.29, 1.82) is 0 Å². The van der Waals surface area contributed by atoms with Crippen LogP contribution >= 0.6 is 11.6 Å². The molecule has 0 saturated carbocycles. The summed E-state index contributed by atoms with van der Waals surface area (Å²) >= 11 is 5.63. The minimum atomic E-state index is 0.730. The summed E-state index contributed by atoms with van der Waals surface area (Å²) in [6, 6.07) is 10.3. The van der Waals surface area contributed by atoms with E-state index in [4.69, 9.17) is 11.6 Å². The summed E-state index contributed by atoms with van der Waals surface area (Å²) in [7, 11) is 0. The largest absolute Gasteiger partial charge is 0.0898 e. The normalized spacial score (nSPS) is 9.55. The van der Waals surface area contributed by atoms with E-state index in [0.717, 1.165) is 17.9 Å². The number of rotatable bonds is 3. The molecule has 58 valence electrons. The van der Waals surface area contributed by atoms with Crippen LogP contribution in [0.1, 0.15) is 12.0 Å². The van der Waals surface area contributed by atoms with Crippen LogP contribution in [0.25, 0.3) is 0 Å². The first kappa shape index (κ1) is 8.35. The summed E-state index contributed by atoms with van der Waals surface area (Å²) in [5, 5.41) is 0.730. The molecule has 11 heavy (non-hydrogen) atoms. The van der Waals surface area contributed by atoms with E-state index in [-0.39, 0.29) is 0 Å². The number of allylic oxidation sites excluding steroid dienone is 1. The molecule has 0 bridgehead atoms. The predicted octanol–water partition coefficient (Wildman–Crippen LogP) is 3.37. The van der Waals surface area contributed by atoms with Crippen molar-refractivity contribution >= 4 is 11.6 Å². The quantitative estimate of drug-likeness (QED) is 0.646. The molecule has 0 fully saturated rings. The Labute approximate surface area is 72.5 Å². The maximum atomic E-state index is 5.63. The minimum absolute atomic E-state index is 0.730. The topological polar surface area (TPSA) is 0 Å². The van der Waals surface area contributed by atoms with Gasteiger partial charge in [0, 0.05) is 5.03 Å². The summed E-state index contributed by atoms with van der Waals surface area (Å²) in [4.78, 5) is 0. The fourth-order valence-electron chi connectivity index (χ4n) is 0.925. The Balaban J connectivity index is 2.45. The van der Waals surface area contributed by atoms with Crippen molar-refractivity contribution in [2.45, 2.75) is 12.8 Å². The van der Waals surface area contributed by atoms with Crippen LogP contribution in [0.5, 0.6) is 0 Å². The van der Waals surface area contributed by atoms with E-state index in [0.29, 0.717) is 0 Å². The van der Waals surface area contributed by atoms with E-state index < -0.39 is 0 Å². The molecule has 0 aliphatic rings. The van der Waals surface area contributed by atoms with Gasteiger partial charge in [-0.1, -0.05) is 48.5 Å². The lowest BCUT2D eigenvalue weighted by Crippen LogP contribution is -1.82. The Morgan fingerprint density at radius 3 is 2.45 bits per heavy atom. The lowest BCUT2D eigenvalue weighted by molar-refractivity contribution is 0.989. The highest BCUT2D eigenvalue weighted by Crippen LogP contribution is 2.09. The number of hydrogen-bond donors (Lipinski definition) is 0. The molecule has 0 nitrogen and oxygen atoms in total. The highest BCUT2D eigenvalue weighted by molar-refractivity contribution is 6.29. The Kier molecular flexibility index (Phi) is 3.18. The molecule has 1 aromatic rings. The Bertz CT molecular complexity index is 226. The van der Waals surface area contributed by atoms with E-state index in [1.807, 2.05) is 18.2 Å². The van der Waals surface area contributed by atoms with Crippen LogP contribution in [0, 0.1) is 0 Å². The number of benzene rings is 1. The van der Waals surface area contributed by atoms with Crippen molar-refractivity contribution in [3.8, 4) is 0 Å². The van der Waals surface area contributed by atoms with Gasteiger partial charge >= 0.3 is 0 Å². The van der Waals surface area contributed by atoms with Crippen LogP contribution in [-0.4, -0.2) is 0 Å². The van der Waals surface area contributed by atoms with Crippen molar-refractivity contribution in [2.75, 3.05) is 0 Å². The van der Waals surface area contributed by atoms with Gasteiger partial charge in [-0.3, -0.25) is 0 Å². The van der Waals surface area contributed by atoms with Crippen LogP contribution in [0.4, 0.5) is 0 Å². The van der Waals surface area contributed by atoms with Gasteiger partial charge < -0.3 is 0 Å². The first-order valence-electron chi connectivity index (χ1n) is 3.66. The highest BCUT2D eigenvalue weighted by atomic mass is 35.5. The first-order chi connectivity index (χ1) is 5.29. The molecule has 0 aliphatic carbocycles. The molecule has 1 aromatic carbocycles. The molecule has 0 heterocycles. The molecular weight excluding hydrogens is 156 g/mol. The predicted molar refractivity (Wildman–Crippen MR) is 49.8 cm³/mol. The van der Waals surface area contributed by atoms with Gasteiger partial charge in [-0.2, -0.15) is 0 Å². The number of aryl methyl sites for hydroxylation is 1. The molecule has 0 aliphatic heterocycles. The molecule has 1 rings (SSSR count). The van der Waals surface area contributed by atoms with Gasteiger partial charge in [0.15, 0.2) is 0 Å². The third kappa shape index (κ3) is 3.24. The van der Waals surface area contributed by atoms with Gasteiger partial charge in [0.2, 0.25) is 0 Å². The van der Waals surface area contributed by atoms with Gasteiger partial charge in [-0.25, -0.2) is 0 Å². The van der Waals surface area contributed by atoms with Crippen LogP contribution in [-0.2, 0) is 6.42 Å². The zero-order valence-corrected chi connectivity index (χ0v) is 7.14. The molecule has 1 heteroatoms. The highest BCUT2D eigenvalue weighted by Gasteiger charge is 1.91. The molecule has 0 unspecified atom stereocenters. The smallest absolute Gasteiger partial charge is 0.0112 e. The maximum Gasteiger partial charge on any atom is 0.0112 e. The lowest BCUT2D eigenvalue weighted by atomic mass is 10.1. The molecule has 0 spiro atoms. The minimum Gasteiger partial charge on any atom is -0.0898 e. The number of halogens is 1. The van der Waals surface area contributed by atoms with Gasteiger partial charge in [-0.05, 0) is 18.4 Å². The van der Waals surface area contributed by atoms with E-state index in [1.54, 1.807) is 0 Å². The van der Waals surface area contributed by atoms with Gasteiger partial charge in [-0.15, -0.1) is 0 Å². The van der Waals surface area contributed by atoms with Crippen LogP contribution in [0.2, 0.25) is 0 Å². The molecule has 0 saturated heterocycles. The van der Waals surface area contributed by atoms with Crippen LogP contribution in [0.15, 0.2) is 41.9 Å². The Morgan fingerprint density at radius 1 is 1.27 bits per heavy atom. The Morgan fingerprint density at radius 2 is 1.91 bits per heavy atom. The Hall–Kier alpha value is -0.750. The average molecular weight is 167 g/mol. The van der Waals surface area contributed by atoms with Crippen molar-refractivity contribution < 1.29 is 0 Å². The summed E-state index contributed by atoms with van der Waals surface area (Å²) in [5.74, 6) is 0. The van der Waals surface area contributed by atoms with E-state index in [1.165, 1.54) is 5.56 Å². The second kappa shape index (κ2) is 4.20. The average Bonchev–Trinajstić information content (AvgIpc) is 2.03. The fourth-order valence-corrected chi connectivity index (χ4v) is 1.02. The summed E-state index contributed by atoms with van der Waals surface area (Å²) in [5.41, 5.74) is 1.31. The summed E-state index contributed by atoms with van der Waals surface area (Å²) in [6.45, 7) is 3.64. The molecule has 0 N–H and O–H groups in total. The van der Waals surface area contributed by atoms with Gasteiger partial charge in [0.1, 0.15) is 0 Å². The SMILES string of the molecule is C=C(Cl)CCc1ccccc1. The van der Waals surface area contributed by atoms with Crippen molar-refractivity contribution in [3.05, 3.63) is 47.5 Å². The zero-order valence-electron chi connectivity index (χ0n) is 6.39. The third-order valence-corrected chi connectivity index (χ3v) is 1.72. The molecule has 0 atom stereocenters. The molecule has 0 amide bonds. The summed E-state index contributed by atoms with van der Waals surface area (Å²) < 4.78 is 0. The molecular formula is C10H11Cl. The standard InChI is InChI=1S/C10H11Cl/c1-9(11)7-8-10-5-3-2-4-6-10/h2-6H,1,7-8H2. The maximum absolute atomic E-state index is 5.63. The second-order valence-corrected chi connectivity index (χ2v) is 3.04. The number of hydrogen-bond acceptors (Lipinski definition) is 0. The van der Waals surface area contributed by atoms with E-state index in [2.05, 4.69) is 18.7 Å². The molecule has 0 aromatic heterocycles. The zero-order chi connectivity index (χ0) is 8.10. The van der Waals surface area contributed by atoms with Gasteiger partial charge in [0.05, 0.1) is 0 Å². The second-order valence-electron chi connectivity index (χ2n) is 2.50. The van der Waals surface area contributed by atoms with E-state index in [9.17, 15) is 0 Å². The van der Waals surface area contributed by atoms with Gasteiger partial charge in [0.25, 0.3) is 0 Å².